The number of nitrogens with two attached hydrogens (primary N) is 1. The lowest BCUT2D eigenvalue weighted by Gasteiger charge is -2.28. The summed E-state index contributed by atoms with van der Waals surface area (Å²) in [6.07, 6.45) is 0.371. The van der Waals surface area contributed by atoms with Gasteiger partial charge in [-0.05, 0) is 17.7 Å². The first-order valence-corrected chi connectivity index (χ1v) is 8.83. The van der Waals surface area contributed by atoms with Crippen molar-refractivity contribution < 1.29 is 14.3 Å². The molecule has 3 rings (SSSR count). The van der Waals surface area contributed by atoms with Crippen LogP contribution in [0.1, 0.15) is 22.3 Å². The number of carbonyl (C=O) groups excluding carboxylic acids is 2. The van der Waals surface area contributed by atoms with Crippen molar-refractivity contribution in [3.05, 3.63) is 35.4 Å². The molecule has 1 atom stereocenters. The lowest BCUT2D eigenvalue weighted by molar-refractivity contribution is -0.128. The van der Waals surface area contributed by atoms with E-state index in [9.17, 15) is 9.59 Å². The van der Waals surface area contributed by atoms with Gasteiger partial charge in [0.05, 0.1) is 19.3 Å². The second kappa shape index (κ2) is 9.87. The summed E-state index contributed by atoms with van der Waals surface area (Å²) in [6.45, 7) is 5.95. The van der Waals surface area contributed by atoms with Crippen LogP contribution in [-0.2, 0) is 16.1 Å². The van der Waals surface area contributed by atoms with Crippen LogP contribution in [0.3, 0.4) is 0 Å². The Hall–Kier alpha value is -1.67. The number of hydrogen-bond donors (Lipinski definition) is 2. The zero-order valence-electron chi connectivity index (χ0n) is 14.9. The Morgan fingerprint density at radius 1 is 1.19 bits per heavy atom. The Morgan fingerprint density at radius 3 is 2.54 bits per heavy atom. The van der Waals surface area contributed by atoms with Crippen molar-refractivity contribution in [3.8, 4) is 0 Å². The van der Waals surface area contributed by atoms with Crippen molar-refractivity contribution in [3.63, 3.8) is 0 Å². The van der Waals surface area contributed by atoms with E-state index in [1.807, 2.05) is 17.0 Å². The van der Waals surface area contributed by atoms with Gasteiger partial charge in [0.1, 0.15) is 0 Å². The van der Waals surface area contributed by atoms with E-state index in [-0.39, 0.29) is 30.3 Å². The topological polar surface area (TPSA) is 87.9 Å². The van der Waals surface area contributed by atoms with E-state index in [1.54, 1.807) is 12.1 Å². The summed E-state index contributed by atoms with van der Waals surface area (Å²) in [4.78, 5) is 28.7. The second-order valence-corrected chi connectivity index (χ2v) is 6.57. The van der Waals surface area contributed by atoms with Crippen LogP contribution in [-0.4, -0.2) is 73.6 Å². The molecule has 2 amide bonds. The number of ether oxygens (including phenoxy) is 1. The minimum absolute atomic E-state index is 0. The molecule has 1 aromatic carbocycles. The van der Waals surface area contributed by atoms with Crippen LogP contribution in [0.25, 0.3) is 0 Å². The average molecular weight is 383 g/mol. The molecular weight excluding hydrogens is 356 g/mol. The van der Waals surface area contributed by atoms with E-state index in [0.29, 0.717) is 31.6 Å². The maximum atomic E-state index is 12.3. The summed E-state index contributed by atoms with van der Waals surface area (Å²) in [5.74, 6) is -0.0339. The van der Waals surface area contributed by atoms with Crippen LogP contribution in [0.2, 0.25) is 0 Å². The van der Waals surface area contributed by atoms with Gasteiger partial charge in [0.2, 0.25) is 5.91 Å². The Kier molecular flexibility index (Phi) is 7.84. The molecule has 8 heteroatoms. The zero-order valence-corrected chi connectivity index (χ0v) is 15.7. The van der Waals surface area contributed by atoms with Gasteiger partial charge in [-0.1, -0.05) is 12.1 Å². The number of nitrogens with zero attached hydrogens (tertiary/aromatic N) is 2. The minimum Gasteiger partial charge on any atom is -0.379 e. The van der Waals surface area contributed by atoms with E-state index in [4.69, 9.17) is 10.5 Å². The minimum atomic E-state index is -0.142. The number of rotatable bonds is 6. The number of likely N-dealkylation sites (tertiary alicyclic amines) is 1. The van der Waals surface area contributed by atoms with E-state index in [2.05, 4.69) is 10.2 Å². The SMILES string of the molecule is Cl.NCc1ccc(C(=O)NC2CC(=O)N(CCN3CCOCC3)C2)cc1. The van der Waals surface area contributed by atoms with Gasteiger partial charge < -0.3 is 20.7 Å². The van der Waals surface area contributed by atoms with Crippen LogP contribution >= 0.6 is 12.4 Å². The zero-order chi connectivity index (χ0) is 17.6. The van der Waals surface area contributed by atoms with Crippen molar-refractivity contribution in [2.24, 2.45) is 5.73 Å². The second-order valence-electron chi connectivity index (χ2n) is 6.57. The summed E-state index contributed by atoms with van der Waals surface area (Å²) in [5.41, 5.74) is 7.15. The highest BCUT2D eigenvalue weighted by Gasteiger charge is 2.30. The van der Waals surface area contributed by atoms with Crippen LogP contribution in [0.15, 0.2) is 24.3 Å². The Balaban J connectivity index is 0.00000243. The Bertz CT molecular complexity index is 605. The smallest absolute Gasteiger partial charge is 0.251 e. The first-order chi connectivity index (χ1) is 12.2. The highest BCUT2D eigenvalue weighted by atomic mass is 35.5. The number of amides is 2. The van der Waals surface area contributed by atoms with Crippen LogP contribution in [0, 0.1) is 0 Å². The lowest BCUT2D eigenvalue weighted by Crippen LogP contribution is -2.42. The van der Waals surface area contributed by atoms with Gasteiger partial charge in [-0.3, -0.25) is 14.5 Å². The Labute approximate surface area is 160 Å². The molecule has 0 saturated carbocycles. The number of carbonyl (C=O) groups is 2. The molecule has 2 aliphatic rings. The van der Waals surface area contributed by atoms with E-state index >= 15 is 0 Å². The number of nitrogens with one attached hydrogen (secondary N) is 1. The van der Waals surface area contributed by atoms with Gasteiger partial charge in [0.25, 0.3) is 5.91 Å². The molecule has 3 N–H and O–H groups in total. The first kappa shape index (κ1) is 20.6. The van der Waals surface area contributed by atoms with E-state index in [0.717, 1.165) is 38.4 Å². The fourth-order valence-corrected chi connectivity index (χ4v) is 3.23. The maximum Gasteiger partial charge on any atom is 0.251 e. The molecule has 1 unspecified atom stereocenters. The van der Waals surface area contributed by atoms with E-state index in [1.165, 1.54) is 0 Å². The molecule has 2 fully saturated rings. The Morgan fingerprint density at radius 2 is 1.88 bits per heavy atom. The van der Waals surface area contributed by atoms with Crippen LogP contribution in [0.4, 0.5) is 0 Å². The van der Waals surface area contributed by atoms with Crippen molar-refractivity contribution in [2.45, 2.75) is 19.0 Å². The largest absolute Gasteiger partial charge is 0.379 e. The molecule has 0 spiro atoms. The maximum absolute atomic E-state index is 12.3. The molecule has 2 saturated heterocycles. The standard InChI is InChI=1S/C18H26N4O3.ClH/c19-12-14-1-3-15(4-2-14)18(24)20-16-11-17(23)22(13-16)6-5-21-7-9-25-10-8-21;/h1-4,16H,5-13,19H2,(H,20,24);1H. The molecular formula is C18H27ClN4O3. The van der Waals surface area contributed by atoms with E-state index < -0.39 is 0 Å². The predicted octanol–water partition coefficient (Wildman–Crippen LogP) is 0.230. The monoisotopic (exact) mass is 382 g/mol. The fraction of sp³-hybridized carbons (Fsp3) is 0.556. The van der Waals surface area contributed by atoms with Gasteiger partial charge in [0.15, 0.2) is 0 Å². The number of benzene rings is 1. The summed E-state index contributed by atoms with van der Waals surface area (Å²) >= 11 is 0. The fourth-order valence-electron chi connectivity index (χ4n) is 3.23. The molecule has 7 nitrogen and oxygen atoms in total. The molecule has 2 aliphatic heterocycles. The molecule has 0 aliphatic carbocycles. The highest BCUT2D eigenvalue weighted by molar-refractivity contribution is 5.95. The van der Waals surface area contributed by atoms with Gasteiger partial charge in [-0.2, -0.15) is 0 Å². The van der Waals surface area contributed by atoms with Gasteiger partial charge >= 0.3 is 0 Å². The van der Waals surface area contributed by atoms with Crippen molar-refractivity contribution in [2.75, 3.05) is 45.9 Å². The van der Waals surface area contributed by atoms with Gasteiger partial charge in [-0.15, -0.1) is 12.4 Å². The molecule has 0 aromatic heterocycles. The summed E-state index contributed by atoms with van der Waals surface area (Å²) in [5, 5.41) is 2.96. The molecule has 26 heavy (non-hydrogen) atoms. The number of morpholine rings is 1. The average Bonchev–Trinajstić information content (AvgIpc) is 3.00. The van der Waals surface area contributed by atoms with Crippen molar-refractivity contribution in [1.29, 1.82) is 0 Å². The van der Waals surface area contributed by atoms with Gasteiger partial charge in [0, 0.05) is 51.3 Å². The lowest BCUT2D eigenvalue weighted by atomic mass is 10.1. The normalized spacial score (nSPS) is 20.7. The van der Waals surface area contributed by atoms with Gasteiger partial charge in [-0.25, -0.2) is 0 Å². The number of hydrogen-bond acceptors (Lipinski definition) is 5. The highest BCUT2D eigenvalue weighted by Crippen LogP contribution is 2.13. The molecule has 144 valence electrons. The summed E-state index contributed by atoms with van der Waals surface area (Å²) < 4.78 is 5.33. The molecule has 0 bridgehead atoms. The third-order valence-electron chi connectivity index (χ3n) is 4.79. The third-order valence-corrected chi connectivity index (χ3v) is 4.79. The molecule has 0 radical (unpaired) electrons. The van der Waals surface area contributed by atoms with Crippen molar-refractivity contribution in [1.82, 2.24) is 15.1 Å². The quantitative estimate of drug-likeness (QED) is 0.735. The van der Waals surface area contributed by atoms with Crippen LogP contribution in [0.5, 0.6) is 0 Å². The predicted molar refractivity (Wildman–Crippen MR) is 101 cm³/mol. The third kappa shape index (κ3) is 5.41. The molecule has 1 aromatic rings. The first-order valence-electron chi connectivity index (χ1n) is 8.83. The summed E-state index contributed by atoms with van der Waals surface area (Å²) in [7, 11) is 0. The van der Waals surface area contributed by atoms with Crippen LogP contribution < -0.4 is 11.1 Å². The van der Waals surface area contributed by atoms with Crippen molar-refractivity contribution >= 4 is 24.2 Å². The summed E-state index contributed by atoms with van der Waals surface area (Å²) in [6, 6.07) is 7.11. The number of halogens is 1. The molecule has 2 heterocycles.